The van der Waals surface area contributed by atoms with Crippen LogP contribution in [0, 0.1) is 0 Å². The van der Waals surface area contributed by atoms with Gasteiger partial charge in [0.2, 0.25) is 5.91 Å². The van der Waals surface area contributed by atoms with E-state index >= 15 is 0 Å². The van der Waals surface area contributed by atoms with Crippen molar-refractivity contribution in [2.45, 2.75) is 25.5 Å². The van der Waals surface area contributed by atoms with Gasteiger partial charge in [0.15, 0.2) is 0 Å². The highest BCUT2D eigenvalue weighted by molar-refractivity contribution is 5.81. The molecule has 0 radical (unpaired) electrons. The maximum atomic E-state index is 11.7. The van der Waals surface area contributed by atoms with Crippen LogP contribution in [0.1, 0.15) is 18.4 Å². The van der Waals surface area contributed by atoms with Gasteiger partial charge in [-0.3, -0.25) is 4.79 Å². The molecule has 0 bridgehead atoms. The minimum atomic E-state index is -0.273. The van der Waals surface area contributed by atoms with Gasteiger partial charge in [0.05, 0.1) is 7.11 Å². The van der Waals surface area contributed by atoms with Crippen LogP contribution in [0.3, 0.4) is 0 Å². The molecule has 1 N–H and O–H groups in total. The fraction of sp³-hybridized carbons (Fsp3) is 0.462. The van der Waals surface area contributed by atoms with E-state index in [4.69, 9.17) is 9.47 Å². The van der Waals surface area contributed by atoms with Crippen molar-refractivity contribution in [1.82, 2.24) is 5.32 Å². The number of amides is 1. The summed E-state index contributed by atoms with van der Waals surface area (Å²) in [5.41, 5.74) is 0.973. The smallest absolute Gasteiger partial charge is 0.249 e. The Morgan fingerprint density at radius 1 is 1.53 bits per heavy atom. The lowest BCUT2D eigenvalue weighted by Gasteiger charge is -2.12. The Bertz CT molecular complexity index is 386. The van der Waals surface area contributed by atoms with Gasteiger partial charge in [0.1, 0.15) is 11.9 Å². The Morgan fingerprint density at radius 3 is 3.06 bits per heavy atom. The minimum absolute atomic E-state index is 0.0339. The highest BCUT2D eigenvalue weighted by Crippen LogP contribution is 2.17. The molecule has 2 rings (SSSR count). The van der Waals surface area contributed by atoms with E-state index < -0.39 is 0 Å². The fourth-order valence-corrected chi connectivity index (χ4v) is 1.93. The summed E-state index contributed by atoms with van der Waals surface area (Å²) in [6.45, 7) is 1.16. The molecule has 1 amide bonds. The Hall–Kier alpha value is -1.55. The molecular weight excluding hydrogens is 218 g/mol. The highest BCUT2D eigenvalue weighted by Gasteiger charge is 2.23. The standard InChI is InChI=1S/C13H17NO3/c1-16-11-6-3-2-5-10(11)9-14-13(15)12-7-4-8-17-12/h2-3,5-6,12H,4,7-9H2,1H3,(H,14,15)/t12-/m0/s1. The molecule has 0 unspecified atom stereocenters. The molecule has 17 heavy (non-hydrogen) atoms. The fourth-order valence-electron chi connectivity index (χ4n) is 1.93. The first-order valence-electron chi connectivity index (χ1n) is 5.82. The van der Waals surface area contributed by atoms with Crippen LogP contribution in [0.15, 0.2) is 24.3 Å². The third kappa shape index (κ3) is 2.97. The molecule has 0 aromatic heterocycles. The van der Waals surface area contributed by atoms with Crippen LogP contribution in [0.2, 0.25) is 0 Å². The van der Waals surface area contributed by atoms with E-state index in [1.165, 1.54) is 0 Å². The van der Waals surface area contributed by atoms with Crippen molar-refractivity contribution in [3.63, 3.8) is 0 Å². The third-order valence-corrected chi connectivity index (χ3v) is 2.87. The van der Waals surface area contributed by atoms with E-state index in [1.807, 2.05) is 24.3 Å². The van der Waals surface area contributed by atoms with Crippen molar-refractivity contribution in [3.8, 4) is 5.75 Å². The van der Waals surface area contributed by atoms with Gasteiger partial charge in [0.25, 0.3) is 0 Å². The topological polar surface area (TPSA) is 47.6 Å². The van der Waals surface area contributed by atoms with Crippen LogP contribution in [0.4, 0.5) is 0 Å². The van der Waals surface area contributed by atoms with Gasteiger partial charge in [-0.1, -0.05) is 18.2 Å². The zero-order valence-corrected chi connectivity index (χ0v) is 9.94. The van der Waals surface area contributed by atoms with Crippen LogP contribution < -0.4 is 10.1 Å². The van der Waals surface area contributed by atoms with E-state index in [-0.39, 0.29) is 12.0 Å². The summed E-state index contributed by atoms with van der Waals surface area (Å²) in [5.74, 6) is 0.758. The number of carbonyl (C=O) groups is 1. The van der Waals surface area contributed by atoms with Crippen LogP contribution in [-0.4, -0.2) is 25.7 Å². The number of nitrogens with one attached hydrogen (secondary N) is 1. The normalized spacial score (nSPS) is 19.0. The van der Waals surface area contributed by atoms with E-state index in [1.54, 1.807) is 7.11 Å². The monoisotopic (exact) mass is 235 g/mol. The molecule has 1 heterocycles. The van der Waals surface area contributed by atoms with Gasteiger partial charge in [-0.2, -0.15) is 0 Å². The summed E-state index contributed by atoms with van der Waals surface area (Å²) in [7, 11) is 1.63. The first-order valence-corrected chi connectivity index (χ1v) is 5.82. The second-order valence-corrected chi connectivity index (χ2v) is 4.03. The van der Waals surface area contributed by atoms with Crippen molar-refractivity contribution >= 4 is 5.91 Å². The van der Waals surface area contributed by atoms with Gasteiger partial charge < -0.3 is 14.8 Å². The summed E-state index contributed by atoms with van der Waals surface area (Å²) in [6.07, 6.45) is 1.51. The minimum Gasteiger partial charge on any atom is -0.496 e. The average molecular weight is 235 g/mol. The molecule has 0 saturated carbocycles. The average Bonchev–Trinajstić information content (AvgIpc) is 2.90. The maximum Gasteiger partial charge on any atom is 0.249 e. The number of rotatable bonds is 4. The SMILES string of the molecule is COc1ccccc1CNC(=O)[C@@H]1CCCO1. The maximum absolute atomic E-state index is 11.7. The number of methoxy groups -OCH3 is 1. The molecule has 1 aliphatic rings. The number of ether oxygens (including phenoxy) is 2. The van der Waals surface area contributed by atoms with Gasteiger partial charge in [-0.05, 0) is 18.9 Å². The largest absolute Gasteiger partial charge is 0.496 e. The summed E-state index contributed by atoms with van der Waals surface area (Å²) in [6, 6.07) is 7.66. The highest BCUT2D eigenvalue weighted by atomic mass is 16.5. The van der Waals surface area contributed by atoms with Crippen LogP contribution in [0.5, 0.6) is 5.75 Å². The summed E-state index contributed by atoms with van der Waals surface area (Å²) in [5, 5.41) is 2.87. The summed E-state index contributed by atoms with van der Waals surface area (Å²) >= 11 is 0. The number of para-hydroxylation sites is 1. The molecule has 1 atom stereocenters. The van der Waals surface area contributed by atoms with E-state index in [9.17, 15) is 4.79 Å². The number of hydrogen-bond acceptors (Lipinski definition) is 3. The summed E-state index contributed by atoms with van der Waals surface area (Å²) < 4.78 is 10.5. The first kappa shape index (κ1) is 11.9. The van der Waals surface area contributed by atoms with Crippen LogP contribution >= 0.6 is 0 Å². The lowest BCUT2D eigenvalue weighted by molar-refractivity contribution is -0.130. The lowest BCUT2D eigenvalue weighted by atomic mass is 10.2. The van der Waals surface area contributed by atoms with Crippen molar-refractivity contribution in [2.24, 2.45) is 0 Å². The Balaban J connectivity index is 1.90. The molecule has 1 saturated heterocycles. The second kappa shape index (κ2) is 5.68. The summed E-state index contributed by atoms with van der Waals surface area (Å²) in [4.78, 5) is 11.7. The lowest BCUT2D eigenvalue weighted by Crippen LogP contribution is -2.33. The van der Waals surface area contributed by atoms with Gasteiger partial charge >= 0.3 is 0 Å². The van der Waals surface area contributed by atoms with Crippen LogP contribution in [-0.2, 0) is 16.1 Å². The molecule has 0 aliphatic carbocycles. The zero-order valence-electron chi connectivity index (χ0n) is 9.94. The number of hydrogen-bond donors (Lipinski definition) is 1. The molecule has 1 aromatic carbocycles. The molecule has 4 heteroatoms. The molecule has 4 nitrogen and oxygen atoms in total. The second-order valence-electron chi connectivity index (χ2n) is 4.03. The van der Waals surface area contributed by atoms with Crippen LogP contribution in [0.25, 0.3) is 0 Å². The quantitative estimate of drug-likeness (QED) is 0.860. The van der Waals surface area contributed by atoms with Gasteiger partial charge in [-0.25, -0.2) is 0 Å². The van der Waals surface area contributed by atoms with E-state index in [0.29, 0.717) is 13.2 Å². The zero-order chi connectivity index (χ0) is 12.1. The van der Waals surface area contributed by atoms with E-state index in [2.05, 4.69) is 5.32 Å². The Morgan fingerprint density at radius 2 is 2.35 bits per heavy atom. The van der Waals surface area contributed by atoms with Crippen molar-refractivity contribution in [1.29, 1.82) is 0 Å². The molecule has 92 valence electrons. The van der Waals surface area contributed by atoms with Crippen molar-refractivity contribution in [2.75, 3.05) is 13.7 Å². The van der Waals surface area contributed by atoms with Gasteiger partial charge in [0, 0.05) is 18.7 Å². The first-order chi connectivity index (χ1) is 8.31. The van der Waals surface area contributed by atoms with Crippen molar-refractivity contribution in [3.05, 3.63) is 29.8 Å². The Labute approximate surface area is 101 Å². The Kier molecular flexibility index (Phi) is 3.98. The van der Waals surface area contributed by atoms with E-state index in [0.717, 1.165) is 24.2 Å². The molecule has 0 spiro atoms. The molecule has 1 fully saturated rings. The molecule has 1 aromatic rings. The van der Waals surface area contributed by atoms with Gasteiger partial charge in [-0.15, -0.1) is 0 Å². The molecular formula is C13H17NO3. The third-order valence-electron chi connectivity index (χ3n) is 2.87. The predicted octanol–water partition coefficient (Wildman–Crippen LogP) is 1.49. The van der Waals surface area contributed by atoms with Crippen molar-refractivity contribution < 1.29 is 14.3 Å². The predicted molar refractivity (Wildman–Crippen MR) is 63.8 cm³/mol. The number of benzene rings is 1. The molecule has 1 aliphatic heterocycles. The number of carbonyl (C=O) groups excluding carboxylic acids is 1.